The summed E-state index contributed by atoms with van der Waals surface area (Å²) in [7, 11) is 1.38. The van der Waals surface area contributed by atoms with E-state index in [4.69, 9.17) is 14.2 Å². The van der Waals surface area contributed by atoms with Gasteiger partial charge in [-0.05, 0) is 47.5 Å². The van der Waals surface area contributed by atoms with Crippen LogP contribution in [0.5, 0.6) is 23.0 Å². The average Bonchev–Trinajstić information content (AvgIpc) is 2.85. The maximum Gasteiger partial charge on any atom is 0.335 e. The first-order valence-electron chi connectivity index (χ1n) is 11.2. The Morgan fingerprint density at radius 2 is 1.45 bits per heavy atom. The van der Waals surface area contributed by atoms with Crippen LogP contribution in [0, 0.1) is 0 Å². The maximum absolute atomic E-state index is 12.5. The third-order valence-corrected chi connectivity index (χ3v) is 5.78. The van der Waals surface area contributed by atoms with Crippen molar-refractivity contribution in [2.45, 2.75) is 36.8 Å². The Bertz CT molecular complexity index is 1270. The molecule has 0 amide bonds. The highest BCUT2D eigenvalue weighted by Crippen LogP contribution is 2.33. The minimum absolute atomic E-state index is 0.166. The number of carbonyl (C=O) groups is 3. The molecule has 0 aliphatic heterocycles. The van der Waals surface area contributed by atoms with E-state index >= 15 is 0 Å². The van der Waals surface area contributed by atoms with E-state index in [-0.39, 0.29) is 17.2 Å². The Morgan fingerprint density at radius 1 is 0.868 bits per heavy atom. The van der Waals surface area contributed by atoms with Crippen LogP contribution in [0.15, 0.2) is 48.6 Å². The number of rotatable bonds is 8. The molecule has 0 spiro atoms. The molecular weight excluding hydrogens is 504 g/mol. The molecule has 0 unspecified atom stereocenters. The number of carbonyl (C=O) groups excluding carboxylic acids is 2. The molecule has 12 nitrogen and oxygen atoms in total. The average molecular weight is 530 g/mol. The van der Waals surface area contributed by atoms with Crippen LogP contribution in [0.3, 0.4) is 0 Å². The van der Waals surface area contributed by atoms with Crippen LogP contribution in [0.4, 0.5) is 0 Å². The van der Waals surface area contributed by atoms with E-state index in [9.17, 15) is 45.0 Å². The van der Waals surface area contributed by atoms with Gasteiger partial charge in [0.1, 0.15) is 6.10 Å². The molecule has 2 aromatic carbocycles. The molecule has 6 N–H and O–H groups in total. The first-order valence-corrected chi connectivity index (χ1v) is 11.2. The number of carboxylic acids is 1. The largest absolute Gasteiger partial charge is 0.504 e. The van der Waals surface area contributed by atoms with Crippen molar-refractivity contribution >= 4 is 30.1 Å². The normalized spacial score (nSPS) is 23.3. The summed E-state index contributed by atoms with van der Waals surface area (Å²) in [6.45, 7) is 0. The third-order valence-electron chi connectivity index (χ3n) is 5.78. The molecule has 1 saturated carbocycles. The summed E-state index contributed by atoms with van der Waals surface area (Å²) < 4.78 is 15.4. The van der Waals surface area contributed by atoms with Gasteiger partial charge >= 0.3 is 17.9 Å². The number of phenols is 3. The second-order valence-electron chi connectivity index (χ2n) is 8.54. The first-order chi connectivity index (χ1) is 17.9. The molecule has 1 fully saturated rings. The SMILES string of the molecule is COc1ccc(/C=C/C(=O)O[C@H]2[C@H](O)C[C@](O)(C(=O)O)C[C@H]2OC(=O)/C=C\c2ccc(O)c(O)c2)cc1O. The van der Waals surface area contributed by atoms with E-state index in [1.807, 2.05) is 0 Å². The topological polar surface area (TPSA) is 200 Å². The molecule has 202 valence electrons. The second kappa shape index (κ2) is 11.7. The van der Waals surface area contributed by atoms with Crippen LogP contribution in [0.25, 0.3) is 12.2 Å². The van der Waals surface area contributed by atoms with Crippen LogP contribution in [-0.4, -0.2) is 79.6 Å². The van der Waals surface area contributed by atoms with Crippen molar-refractivity contribution < 1.29 is 59.2 Å². The molecule has 12 heteroatoms. The molecule has 38 heavy (non-hydrogen) atoms. The molecule has 0 heterocycles. The Kier molecular flexibility index (Phi) is 8.61. The van der Waals surface area contributed by atoms with Crippen molar-refractivity contribution in [3.05, 3.63) is 59.7 Å². The summed E-state index contributed by atoms with van der Waals surface area (Å²) in [6, 6.07) is 8.12. The van der Waals surface area contributed by atoms with Crippen molar-refractivity contribution in [1.29, 1.82) is 0 Å². The van der Waals surface area contributed by atoms with E-state index in [1.54, 1.807) is 6.07 Å². The van der Waals surface area contributed by atoms with Gasteiger partial charge in [-0.3, -0.25) is 0 Å². The fraction of sp³-hybridized carbons (Fsp3) is 0.269. The summed E-state index contributed by atoms with van der Waals surface area (Å²) >= 11 is 0. The van der Waals surface area contributed by atoms with Gasteiger partial charge < -0.3 is 44.8 Å². The van der Waals surface area contributed by atoms with Gasteiger partial charge in [0.15, 0.2) is 34.7 Å². The number of aliphatic hydroxyl groups is 2. The summed E-state index contributed by atoms with van der Waals surface area (Å²) in [6.07, 6.45) is -1.63. The molecule has 0 aromatic heterocycles. The summed E-state index contributed by atoms with van der Waals surface area (Å²) in [5.41, 5.74) is -1.71. The zero-order valence-corrected chi connectivity index (χ0v) is 20.1. The van der Waals surface area contributed by atoms with Crippen LogP contribution in [0.2, 0.25) is 0 Å². The minimum Gasteiger partial charge on any atom is -0.504 e. The Balaban J connectivity index is 1.75. The van der Waals surface area contributed by atoms with Crippen molar-refractivity contribution in [1.82, 2.24) is 0 Å². The number of aliphatic hydroxyl groups excluding tert-OH is 1. The van der Waals surface area contributed by atoms with Crippen LogP contribution in [0.1, 0.15) is 24.0 Å². The van der Waals surface area contributed by atoms with Gasteiger partial charge in [0.25, 0.3) is 0 Å². The van der Waals surface area contributed by atoms with Gasteiger partial charge in [-0.25, -0.2) is 14.4 Å². The highest BCUT2D eigenvalue weighted by molar-refractivity contribution is 5.88. The molecule has 4 atom stereocenters. The van der Waals surface area contributed by atoms with E-state index < -0.39 is 60.4 Å². The van der Waals surface area contributed by atoms with E-state index in [0.717, 1.165) is 12.2 Å². The van der Waals surface area contributed by atoms with E-state index in [1.165, 1.54) is 49.6 Å². The number of benzene rings is 2. The monoisotopic (exact) mass is 530 g/mol. The number of phenolic OH excluding ortho intramolecular Hbond substituents is 3. The van der Waals surface area contributed by atoms with Crippen molar-refractivity contribution in [2.24, 2.45) is 0 Å². The van der Waals surface area contributed by atoms with Crippen molar-refractivity contribution in [3.8, 4) is 23.0 Å². The number of aromatic hydroxyl groups is 3. The zero-order chi connectivity index (χ0) is 28.0. The smallest absolute Gasteiger partial charge is 0.335 e. The summed E-state index contributed by atoms with van der Waals surface area (Å²) in [5.74, 6) is -4.38. The Morgan fingerprint density at radius 3 is 2.00 bits per heavy atom. The number of aliphatic carboxylic acids is 1. The van der Waals surface area contributed by atoms with Crippen LogP contribution < -0.4 is 4.74 Å². The molecule has 1 aliphatic carbocycles. The van der Waals surface area contributed by atoms with Crippen LogP contribution >= 0.6 is 0 Å². The van der Waals surface area contributed by atoms with Gasteiger partial charge in [-0.2, -0.15) is 0 Å². The maximum atomic E-state index is 12.5. The minimum atomic E-state index is -2.45. The number of carboxylic acid groups (broad SMARTS) is 1. The molecule has 2 aromatic rings. The van der Waals surface area contributed by atoms with Crippen molar-refractivity contribution in [3.63, 3.8) is 0 Å². The fourth-order valence-corrected chi connectivity index (χ4v) is 3.83. The number of ether oxygens (including phenoxy) is 3. The highest BCUT2D eigenvalue weighted by atomic mass is 16.6. The first kappa shape index (κ1) is 28.0. The molecular formula is C26H26O12. The number of hydrogen-bond acceptors (Lipinski definition) is 11. The Hall–Kier alpha value is -4.55. The lowest BCUT2D eigenvalue weighted by atomic mass is 9.79. The van der Waals surface area contributed by atoms with Gasteiger partial charge in [0, 0.05) is 25.0 Å². The summed E-state index contributed by atoms with van der Waals surface area (Å²) in [4.78, 5) is 36.5. The molecule has 0 saturated heterocycles. The molecule has 1 aliphatic rings. The summed E-state index contributed by atoms with van der Waals surface area (Å²) in [5, 5.41) is 59.1. The standard InChI is InChI=1S/C26H26O12/c1-36-20-7-3-15(11-18(20)29)5-9-23(32)38-24-19(30)12-26(35,25(33)34)13-21(24)37-22(31)8-4-14-2-6-16(27)17(28)10-14/h2-11,19,21,24,27-30,35H,12-13H2,1H3,(H,33,34)/b8-4-,9-5+/t19-,21-,24+,26-/m1/s1. The van der Waals surface area contributed by atoms with E-state index in [0.29, 0.717) is 11.1 Å². The van der Waals surface area contributed by atoms with Crippen molar-refractivity contribution in [2.75, 3.05) is 7.11 Å². The second-order valence-corrected chi connectivity index (χ2v) is 8.54. The third kappa shape index (κ3) is 6.81. The van der Waals surface area contributed by atoms with Gasteiger partial charge in [0.2, 0.25) is 0 Å². The zero-order valence-electron chi connectivity index (χ0n) is 20.1. The lowest BCUT2D eigenvalue weighted by Gasteiger charge is -2.40. The predicted molar refractivity (Wildman–Crippen MR) is 130 cm³/mol. The molecule has 3 rings (SSSR count). The number of methoxy groups -OCH3 is 1. The van der Waals surface area contributed by atoms with Crippen LogP contribution in [-0.2, 0) is 23.9 Å². The predicted octanol–water partition coefficient (Wildman–Crippen LogP) is 1.33. The van der Waals surface area contributed by atoms with Gasteiger partial charge in [-0.1, -0.05) is 12.1 Å². The lowest BCUT2D eigenvalue weighted by molar-refractivity contribution is -0.204. The Labute approximate surface area is 216 Å². The molecule has 0 radical (unpaired) electrons. The number of hydrogen-bond donors (Lipinski definition) is 6. The quantitative estimate of drug-likeness (QED) is 0.163. The number of esters is 2. The van der Waals surface area contributed by atoms with Gasteiger partial charge in [0.05, 0.1) is 13.2 Å². The fourth-order valence-electron chi connectivity index (χ4n) is 3.83. The van der Waals surface area contributed by atoms with E-state index in [2.05, 4.69) is 0 Å². The molecule has 0 bridgehead atoms. The van der Waals surface area contributed by atoms with Gasteiger partial charge in [-0.15, -0.1) is 0 Å². The highest BCUT2D eigenvalue weighted by Gasteiger charge is 2.52. The lowest BCUT2D eigenvalue weighted by Crippen LogP contribution is -2.58.